The summed E-state index contributed by atoms with van der Waals surface area (Å²) in [6, 6.07) is 15.0. The van der Waals surface area contributed by atoms with Crippen LogP contribution in [-0.4, -0.2) is 13.0 Å². The fourth-order valence-corrected chi connectivity index (χ4v) is 1.92. The Balaban J connectivity index is 1.91. The Morgan fingerprint density at radius 1 is 1.20 bits per heavy atom. The molecule has 0 spiro atoms. The smallest absolute Gasteiger partial charge is 0.224 e. The standard InChI is InChI=1S/C16H18N2O2/c1-20-14-7-4-5-12(9-14)10-16(19)18-11-13-6-2-3-8-15(13)17/h2-9H,10-11,17H2,1H3,(H,18,19). The fraction of sp³-hybridized carbons (Fsp3) is 0.188. The molecule has 2 rings (SSSR count). The lowest BCUT2D eigenvalue weighted by atomic mass is 10.1. The quantitative estimate of drug-likeness (QED) is 0.818. The molecule has 104 valence electrons. The van der Waals surface area contributed by atoms with Gasteiger partial charge in [0.1, 0.15) is 5.75 Å². The fourth-order valence-electron chi connectivity index (χ4n) is 1.92. The molecule has 3 N–H and O–H groups in total. The number of carbonyl (C=O) groups excluding carboxylic acids is 1. The predicted octanol–water partition coefficient (Wildman–Crippen LogP) is 2.14. The Morgan fingerprint density at radius 2 is 2.00 bits per heavy atom. The molecule has 0 bridgehead atoms. The van der Waals surface area contributed by atoms with Gasteiger partial charge in [0.25, 0.3) is 0 Å². The average Bonchev–Trinajstić information content (AvgIpc) is 2.46. The van der Waals surface area contributed by atoms with Crippen molar-refractivity contribution < 1.29 is 9.53 Å². The van der Waals surface area contributed by atoms with Crippen molar-refractivity contribution in [3.05, 3.63) is 59.7 Å². The van der Waals surface area contributed by atoms with Gasteiger partial charge >= 0.3 is 0 Å². The van der Waals surface area contributed by atoms with Crippen LogP contribution in [0.3, 0.4) is 0 Å². The summed E-state index contributed by atoms with van der Waals surface area (Å²) in [5.74, 6) is 0.712. The molecule has 0 unspecified atom stereocenters. The number of nitrogens with one attached hydrogen (secondary N) is 1. The molecule has 4 nitrogen and oxygen atoms in total. The van der Waals surface area contributed by atoms with E-state index in [1.54, 1.807) is 7.11 Å². The van der Waals surface area contributed by atoms with Crippen LogP contribution in [0, 0.1) is 0 Å². The van der Waals surface area contributed by atoms with E-state index in [4.69, 9.17) is 10.5 Å². The van der Waals surface area contributed by atoms with Gasteiger partial charge in [-0.3, -0.25) is 4.79 Å². The number of rotatable bonds is 5. The van der Waals surface area contributed by atoms with Gasteiger partial charge in [-0.15, -0.1) is 0 Å². The number of hydrogen-bond acceptors (Lipinski definition) is 3. The van der Waals surface area contributed by atoms with Crippen molar-refractivity contribution in [1.82, 2.24) is 5.32 Å². The molecule has 0 saturated carbocycles. The van der Waals surface area contributed by atoms with Crippen LogP contribution in [0.15, 0.2) is 48.5 Å². The zero-order valence-corrected chi connectivity index (χ0v) is 11.4. The topological polar surface area (TPSA) is 64.3 Å². The van der Waals surface area contributed by atoms with E-state index in [-0.39, 0.29) is 5.91 Å². The van der Waals surface area contributed by atoms with E-state index in [1.807, 2.05) is 48.5 Å². The molecule has 1 amide bonds. The number of nitrogen functional groups attached to an aromatic ring is 1. The van der Waals surface area contributed by atoms with Crippen molar-refractivity contribution in [1.29, 1.82) is 0 Å². The number of hydrogen-bond donors (Lipinski definition) is 2. The molecule has 0 aromatic heterocycles. The van der Waals surface area contributed by atoms with Crippen molar-refractivity contribution >= 4 is 11.6 Å². The lowest BCUT2D eigenvalue weighted by Gasteiger charge is -2.08. The van der Waals surface area contributed by atoms with Crippen LogP contribution in [0.25, 0.3) is 0 Å². The van der Waals surface area contributed by atoms with Gasteiger partial charge in [0, 0.05) is 12.2 Å². The summed E-state index contributed by atoms with van der Waals surface area (Å²) >= 11 is 0. The van der Waals surface area contributed by atoms with Crippen molar-refractivity contribution in [3.63, 3.8) is 0 Å². The highest BCUT2D eigenvalue weighted by Crippen LogP contribution is 2.13. The Bertz CT molecular complexity index is 597. The van der Waals surface area contributed by atoms with Crippen molar-refractivity contribution in [3.8, 4) is 5.75 Å². The summed E-state index contributed by atoms with van der Waals surface area (Å²) in [5, 5.41) is 2.87. The number of carbonyl (C=O) groups is 1. The molecule has 0 aliphatic rings. The second-order valence-electron chi connectivity index (χ2n) is 4.50. The van der Waals surface area contributed by atoms with Gasteiger partial charge in [-0.2, -0.15) is 0 Å². The van der Waals surface area contributed by atoms with Crippen LogP contribution < -0.4 is 15.8 Å². The Kier molecular flexibility index (Phi) is 4.60. The van der Waals surface area contributed by atoms with Gasteiger partial charge in [-0.1, -0.05) is 30.3 Å². The van der Waals surface area contributed by atoms with Crippen LogP contribution in [0.1, 0.15) is 11.1 Å². The summed E-state index contributed by atoms with van der Waals surface area (Å²) in [7, 11) is 1.61. The lowest BCUT2D eigenvalue weighted by Crippen LogP contribution is -2.24. The minimum absolute atomic E-state index is 0.0403. The van der Waals surface area contributed by atoms with Crippen molar-refractivity contribution in [2.75, 3.05) is 12.8 Å². The first kappa shape index (κ1) is 13.9. The van der Waals surface area contributed by atoms with E-state index in [2.05, 4.69) is 5.32 Å². The summed E-state index contributed by atoms with van der Waals surface area (Å²) in [6.45, 7) is 0.440. The Labute approximate surface area is 118 Å². The molecule has 2 aromatic rings. The molecular formula is C16H18N2O2. The third-order valence-corrected chi connectivity index (χ3v) is 3.03. The SMILES string of the molecule is COc1cccc(CC(=O)NCc2ccccc2N)c1. The monoisotopic (exact) mass is 270 g/mol. The number of anilines is 1. The second kappa shape index (κ2) is 6.61. The summed E-state index contributed by atoms with van der Waals surface area (Å²) in [5.41, 5.74) is 8.36. The molecular weight excluding hydrogens is 252 g/mol. The van der Waals surface area contributed by atoms with Gasteiger partial charge in [-0.05, 0) is 29.3 Å². The van der Waals surface area contributed by atoms with Gasteiger partial charge in [0.15, 0.2) is 0 Å². The van der Waals surface area contributed by atoms with Crippen LogP contribution >= 0.6 is 0 Å². The Hall–Kier alpha value is -2.49. The Morgan fingerprint density at radius 3 is 2.75 bits per heavy atom. The highest BCUT2D eigenvalue weighted by Gasteiger charge is 2.05. The number of benzene rings is 2. The van der Waals surface area contributed by atoms with Crippen molar-refractivity contribution in [2.24, 2.45) is 0 Å². The maximum Gasteiger partial charge on any atom is 0.224 e. The van der Waals surface area contributed by atoms with E-state index in [9.17, 15) is 4.79 Å². The summed E-state index contributed by atoms with van der Waals surface area (Å²) in [6.07, 6.45) is 0.323. The maximum absolute atomic E-state index is 11.9. The molecule has 20 heavy (non-hydrogen) atoms. The molecule has 0 radical (unpaired) electrons. The molecule has 0 atom stereocenters. The molecule has 0 fully saturated rings. The summed E-state index contributed by atoms with van der Waals surface area (Å²) < 4.78 is 5.13. The van der Waals surface area contributed by atoms with E-state index in [0.717, 1.165) is 16.9 Å². The molecule has 2 aromatic carbocycles. The number of nitrogens with two attached hydrogens (primary N) is 1. The van der Waals surface area contributed by atoms with Crippen LogP contribution in [-0.2, 0) is 17.8 Å². The average molecular weight is 270 g/mol. The van der Waals surface area contributed by atoms with Crippen LogP contribution in [0.4, 0.5) is 5.69 Å². The molecule has 0 aliphatic carbocycles. The lowest BCUT2D eigenvalue weighted by molar-refractivity contribution is -0.120. The zero-order valence-electron chi connectivity index (χ0n) is 11.4. The van der Waals surface area contributed by atoms with E-state index >= 15 is 0 Å². The molecule has 0 saturated heterocycles. The normalized spacial score (nSPS) is 10.1. The van der Waals surface area contributed by atoms with Gasteiger partial charge in [0.2, 0.25) is 5.91 Å². The van der Waals surface area contributed by atoms with Crippen LogP contribution in [0.2, 0.25) is 0 Å². The van der Waals surface area contributed by atoms with E-state index in [0.29, 0.717) is 18.7 Å². The predicted molar refractivity (Wildman–Crippen MR) is 79.4 cm³/mol. The first-order valence-corrected chi connectivity index (χ1v) is 6.42. The summed E-state index contributed by atoms with van der Waals surface area (Å²) in [4.78, 5) is 11.9. The highest BCUT2D eigenvalue weighted by atomic mass is 16.5. The third kappa shape index (κ3) is 3.75. The number of methoxy groups -OCH3 is 1. The van der Waals surface area contributed by atoms with Gasteiger partial charge in [-0.25, -0.2) is 0 Å². The second-order valence-corrected chi connectivity index (χ2v) is 4.50. The van der Waals surface area contributed by atoms with E-state index in [1.165, 1.54) is 0 Å². The largest absolute Gasteiger partial charge is 0.497 e. The number of para-hydroxylation sites is 1. The first-order chi connectivity index (χ1) is 9.69. The number of ether oxygens (including phenoxy) is 1. The number of amides is 1. The van der Waals surface area contributed by atoms with E-state index < -0.39 is 0 Å². The maximum atomic E-state index is 11.9. The third-order valence-electron chi connectivity index (χ3n) is 3.03. The van der Waals surface area contributed by atoms with Gasteiger partial charge < -0.3 is 15.8 Å². The minimum atomic E-state index is -0.0403. The molecule has 0 aliphatic heterocycles. The first-order valence-electron chi connectivity index (χ1n) is 6.42. The zero-order chi connectivity index (χ0) is 14.4. The van der Waals surface area contributed by atoms with Crippen molar-refractivity contribution in [2.45, 2.75) is 13.0 Å². The molecule has 4 heteroatoms. The molecule has 0 heterocycles. The minimum Gasteiger partial charge on any atom is -0.497 e. The van der Waals surface area contributed by atoms with Gasteiger partial charge in [0.05, 0.1) is 13.5 Å². The highest BCUT2D eigenvalue weighted by molar-refractivity contribution is 5.78. The van der Waals surface area contributed by atoms with Crippen LogP contribution in [0.5, 0.6) is 5.75 Å².